The van der Waals surface area contributed by atoms with E-state index in [-0.39, 0.29) is 24.8 Å². The van der Waals surface area contributed by atoms with E-state index in [1.807, 2.05) is 32.3 Å². The molecule has 0 spiro atoms. The van der Waals surface area contributed by atoms with E-state index < -0.39 is 11.7 Å². The lowest BCUT2D eigenvalue weighted by Crippen LogP contribution is -2.20. The summed E-state index contributed by atoms with van der Waals surface area (Å²) in [6.45, 7) is 5.33. The number of phenols is 1. The number of halogens is 3. The summed E-state index contributed by atoms with van der Waals surface area (Å²) in [6.07, 6.45) is 4.79. The molecule has 5 rings (SSSR count). The van der Waals surface area contributed by atoms with Crippen molar-refractivity contribution in [3.8, 4) is 11.5 Å². The van der Waals surface area contributed by atoms with Gasteiger partial charge in [-0.3, -0.25) is 5.43 Å². The zero-order chi connectivity index (χ0) is 28.3. The van der Waals surface area contributed by atoms with E-state index in [0.29, 0.717) is 19.5 Å². The van der Waals surface area contributed by atoms with Crippen molar-refractivity contribution in [3.63, 3.8) is 0 Å². The molecule has 0 fully saturated rings. The van der Waals surface area contributed by atoms with Crippen LogP contribution in [0, 0.1) is 0 Å². The average Bonchev–Trinajstić information content (AvgIpc) is 3.46. The third-order valence-electron chi connectivity index (χ3n) is 5.98. The molecule has 12 heteroatoms. The van der Waals surface area contributed by atoms with Crippen LogP contribution in [0.25, 0.3) is 5.57 Å². The number of alkyl halides is 3. The number of aryl methyl sites for hydroxylation is 2. The van der Waals surface area contributed by atoms with Crippen molar-refractivity contribution in [2.24, 2.45) is 0 Å². The van der Waals surface area contributed by atoms with E-state index >= 15 is 0 Å². The Morgan fingerprint density at radius 3 is 2.48 bits per heavy atom. The van der Waals surface area contributed by atoms with Gasteiger partial charge in [0.1, 0.15) is 11.5 Å². The molecule has 2 heterocycles. The summed E-state index contributed by atoms with van der Waals surface area (Å²) in [5.74, 6) is 0.801. The van der Waals surface area contributed by atoms with Gasteiger partial charge in [-0.15, -0.1) is 15.8 Å². The topological polar surface area (TPSA) is 69.7 Å². The fourth-order valence-electron chi connectivity index (χ4n) is 4.13. The number of benzene rings is 2. The number of hydrogen-bond donors (Lipinski definition) is 3. The number of fused-ring (bicyclic) bond motifs is 1. The van der Waals surface area contributed by atoms with Gasteiger partial charge in [0.15, 0.2) is 17.4 Å². The van der Waals surface area contributed by atoms with Gasteiger partial charge in [0.2, 0.25) is 0 Å². The van der Waals surface area contributed by atoms with Crippen LogP contribution in [0.2, 0.25) is 0 Å². The first-order chi connectivity index (χ1) is 18.8. The van der Waals surface area contributed by atoms with Crippen LogP contribution in [0.5, 0.6) is 11.5 Å². The molecule has 1 aliphatic heterocycles. The summed E-state index contributed by atoms with van der Waals surface area (Å²) >= 11 is 2.83. The Hall–Kier alpha value is -2.38. The fraction of sp³-hybridized carbons (Fsp3) is 0.393. The molecule has 1 aromatic heterocycles. The number of rotatable bonds is 6. The smallest absolute Gasteiger partial charge is 0.416 e. The second kappa shape index (κ2) is 16.8. The van der Waals surface area contributed by atoms with Crippen molar-refractivity contribution < 1.29 is 22.5 Å². The zero-order valence-corrected chi connectivity index (χ0v) is 25.5. The van der Waals surface area contributed by atoms with E-state index in [9.17, 15) is 18.3 Å². The number of phenolic OH excluding ortho intramolecular Hbond substituents is 1. The maximum atomic E-state index is 12.6. The summed E-state index contributed by atoms with van der Waals surface area (Å²) in [5.41, 5.74) is 6.35. The molecule has 2 aliphatic rings. The second-order valence-electron chi connectivity index (χ2n) is 8.66. The normalized spacial score (nSPS) is 14.3. The number of aromatic hydroxyl groups is 1. The van der Waals surface area contributed by atoms with Crippen molar-refractivity contribution in [3.05, 3.63) is 76.3 Å². The van der Waals surface area contributed by atoms with Crippen molar-refractivity contribution in [1.82, 2.24) is 14.7 Å². The maximum absolute atomic E-state index is 12.6. The molecule has 0 saturated heterocycles. The van der Waals surface area contributed by atoms with Crippen LogP contribution in [-0.4, -0.2) is 34.6 Å². The highest BCUT2D eigenvalue weighted by molar-refractivity contribution is 7.92. The van der Waals surface area contributed by atoms with Crippen LogP contribution in [0.4, 0.5) is 18.3 Å². The van der Waals surface area contributed by atoms with Gasteiger partial charge in [0, 0.05) is 30.7 Å². The predicted octanol–water partition coefficient (Wildman–Crippen LogP) is 7.85. The second-order valence-corrected chi connectivity index (χ2v) is 10.4. The number of anilines is 1. The standard InChI is InChI=1S/C14H17N3OS2.C12H12F3NO.C2H6.H2S/c1-17(16-14-15-8-9-19-14)20-18-13-7-6-11-4-2-3-5-12(11)10-13;13-12(14,15)9-1-2-11(17)10(7-9)8-3-5-16-6-4-8;1-2;/h6-10H,2-5H2,1H3,(H,15,16);1-3,7,16-17H,4-6H2;1-2H3;1H2. The van der Waals surface area contributed by atoms with Gasteiger partial charge in [-0.25, -0.2) is 4.98 Å². The fourth-order valence-corrected chi connectivity index (χ4v) is 5.17. The molecule has 0 unspecified atom stereocenters. The lowest BCUT2D eigenvalue weighted by atomic mass is 9.92. The highest BCUT2D eigenvalue weighted by atomic mass is 32.2. The number of aromatic nitrogens is 1. The van der Waals surface area contributed by atoms with Crippen molar-refractivity contribution in [2.45, 2.75) is 52.1 Å². The molecule has 0 amide bonds. The minimum atomic E-state index is -4.38. The third kappa shape index (κ3) is 10.2. The van der Waals surface area contributed by atoms with Crippen molar-refractivity contribution >= 4 is 47.8 Å². The highest BCUT2D eigenvalue weighted by Crippen LogP contribution is 2.36. The van der Waals surface area contributed by atoms with E-state index in [1.54, 1.807) is 28.0 Å². The zero-order valence-electron chi connectivity index (χ0n) is 22.8. The predicted molar refractivity (Wildman–Crippen MR) is 165 cm³/mol. The Balaban J connectivity index is 0.000000261. The van der Waals surface area contributed by atoms with Crippen LogP contribution in [0.3, 0.4) is 0 Å². The first-order valence-corrected chi connectivity index (χ1v) is 14.5. The minimum absolute atomic E-state index is 0. The summed E-state index contributed by atoms with van der Waals surface area (Å²) in [4.78, 5) is 4.17. The molecule has 3 N–H and O–H groups in total. The molecule has 0 saturated carbocycles. The molecule has 1 aliphatic carbocycles. The van der Waals surface area contributed by atoms with Crippen LogP contribution in [0.1, 0.15) is 55.4 Å². The summed E-state index contributed by atoms with van der Waals surface area (Å²) in [6, 6.07) is 9.40. The highest BCUT2D eigenvalue weighted by Gasteiger charge is 2.31. The first kappa shape index (κ1) is 33.8. The van der Waals surface area contributed by atoms with Gasteiger partial charge in [-0.1, -0.05) is 26.0 Å². The Morgan fingerprint density at radius 2 is 1.82 bits per heavy atom. The maximum Gasteiger partial charge on any atom is 0.416 e. The number of hydrazine groups is 1. The summed E-state index contributed by atoms with van der Waals surface area (Å²) in [7, 11) is 1.91. The molecule has 2 aromatic carbocycles. The molecule has 220 valence electrons. The number of thiazole rings is 1. The number of nitrogens with one attached hydrogen (secondary N) is 2. The SMILES string of the molecule is CC.CN(Nc1nccs1)SOc1ccc2c(c1)CCCC2.Oc1ccc(C(F)(F)F)cc1C1=CCNCC1.S. The Morgan fingerprint density at radius 1 is 1.07 bits per heavy atom. The molecular weight excluding hydrogens is 578 g/mol. The van der Waals surface area contributed by atoms with Gasteiger partial charge in [0.05, 0.1) is 5.56 Å². The van der Waals surface area contributed by atoms with Gasteiger partial charge >= 0.3 is 6.18 Å². The van der Waals surface area contributed by atoms with Crippen molar-refractivity contribution in [1.29, 1.82) is 0 Å². The average molecular weight is 615 g/mol. The monoisotopic (exact) mass is 614 g/mol. The van der Waals surface area contributed by atoms with Gasteiger partial charge < -0.3 is 14.6 Å². The quantitative estimate of drug-likeness (QED) is 0.148. The lowest BCUT2D eigenvalue weighted by Gasteiger charge is -2.18. The van der Waals surface area contributed by atoms with E-state index in [1.165, 1.54) is 49.0 Å². The molecule has 6 nitrogen and oxygen atoms in total. The Bertz CT molecular complexity index is 1210. The number of hydrogen-bond acceptors (Lipinski definition) is 8. The molecule has 40 heavy (non-hydrogen) atoms. The van der Waals surface area contributed by atoms with Gasteiger partial charge in [0.25, 0.3) is 0 Å². The first-order valence-electron chi connectivity index (χ1n) is 13.0. The molecule has 0 bridgehead atoms. The van der Waals surface area contributed by atoms with E-state index in [4.69, 9.17) is 4.18 Å². The summed E-state index contributed by atoms with van der Waals surface area (Å²) < 4.78 is 45.2. The lowest BCUT2D eigenvalue weighted by molar-refractivity contribution is -0.137. The number of nitrogens with zero attached hydrogens (tertiary/aromatic N) is 2. The Labute approximate surface area is 249 Å². The molecular formula is C28H37F3N4O2S3. The molecule has 0 atom stereocenters. The van der Waals surface area contributed by atoms with Crippen LogP contribution < -0.4 is 14.9 Å². The van der Waals surface area contributed by atoms with Crippen LogP contribution >= 0.6 is 37.1 Å². The third-order valence-corrected chi connectivity index (χ3v) is 7.24. The van der Waals surface area contributed by atoms with Gasteiger partial charge in [-0.05, 0) is 85.7 Å². The van der Waals surface area contributed by atoms with Crippen LogP contribution in [-0.2, 0) is 19.0 Å². The molecule has 0 radical (unpaired) electrons. The van der Waals surface area contributed by atoms with Crippen LogP contribution in [0.15, 0.2) is 54.1 Å². The van der Waals surface area contributed by atoms with E-state index in [0.717, 1.165) is 34.7 Å². The van der Waals surface area contributed by atoms with Crippen molar-refractivity contribution in [2.75, 3.05) is 25.6 Å². The van der Waals surface area contributed by atoms with E-state index in [2.05, 4.69) is 27.9 Å². The van der Waals surface area contributed by atoms with Gasteiger partial charge in [-0.2, -0.15) is 26.7 Å². The summed E-state index contributed by atoms with van der Waals surface area (Å²) in [5, 5.41) is 15.5. The largest absolute Gasteiger partial charge is 0.507 e. The molecule has 3 aromatic rings. The Kier molecular flexibility index (Phi) is 14.2. The minimum Gasteiger partial charge on any atom is -0.507 e.